The number of aliphatic hydroxyl groups is 2. The molecule has 0 fully saturated rings. The van der Waals surface area contributed by atoms with Crippen LogP contribution >= 0.6 is 0 Å². The number of hydrogen-bond donors (Lipinski definition) is 3. The van der Waals surface area contributed by atoms with Crippen molar-refractivity contribution in [2.75, 3.05) is 13.2 Å². The van der Waals surface area contributed by atoms with Crippen molar-refractivity contribution >= 4 is 11.9 Å². The average molecular weight is 1160 g/mol. The molecule has 0 saturated heterocycles. The highest BCUT2D eigenvalue weighted by molar-refractivity contribution is 5.76. The second kappa shape index (κ2) is 71.8. The second-order valence-corrected chi connectivity index (χ2v) is 26.0. The lowest BCUT2D eigenvalue weighted by molar-refractivity contribution is -0.143. The first-order chi connectivity index (χ1) is 40.5. The van der Waals surface area contributed by atoms with Gasteiger partial charge < -0.3 is 20.3 Å². The second-order valence-electron chi connectivity index (χ2n) is 26.0. The first-order valence-electron chi connectivity index (χ1n) is 37.6. The fourth-order valence-corrected chi connectivity index (χ4v) is 12.0. The molecular weight excluding hydrogens is 1010 g/mol. The fraction of sp³-hybridized carbons (Fsp3) is 0.921. The van der Waals surface area contributed by atoms with Gasteiger partial charge in [0.05, 0.1) is 25.4 Å². The number of hydrogen-bond acceptors (Lipinski definition) is 5. The molecule has 3 N–H and O–H groups in total. The van der Waals surface area contributed by atoms with Crippen molar-refractivity contribution in [2.45, 2.75) is 437 Å². The summed E-state index contributed by atoms with van der Waals surface area (Å²) in [6.07, 6.45) is 91.3. The highest BCUT2D eigenvalue weighted by Crippen LogP contribution is 2.19. The molecule has 82 heavy (non-hydrogen) atoms. The predicted molar refractivity (Wildman–Crippen MR) is 361 cm³/mol. The first kappa shape index (κ1) is 80.3. The lowest BCUT2D eigenvalue weighted by atomic mass is 10.0. The van der Waals surface area contributed by atoms with E-state index in [1.165, 1.54) is 360 Å². The monoisotopic (exact) mass is 1150 g/mol. The molecule has 0 spiro atoms. The van der Waals surface area contributed by atoms with E-state index in [0.29, 0.717) is 19.4 Å². The highest BCUT2D eigenvalue weighted by Gasteiger charge is 2.18. The molecule has 0 saturated carbocycles. The number of carbonyl (C=O) groups is 2. The molecule has 2 unspecified atom stereocenters. The molecule has 6 nitrogen and oxygen atoms in total. The van der Waals surface area contributed by atoms with Crippen LogP contribution in [0, 0.1) is 0 Å². The molecular formula is C76H147NO5. The van der Waals surface area contributed by atoms with Gasteiger partial charge in [0.25, 0.3) is 0 Å². The summed E-state index contributed by atoms with van der Waals surface area (Å²) in [6, 6.07) is -0.628. The molecule has 0 heterocycles. The Morgan fingerprint density at radius 2 is 0.573 bits per heavy atom. The minimum Gasteiger partial charge on any atom is -0.466 e. The van der Waals surface area contributed by atoms with Crippen molar-refractivity contribution in [3.8, 4) is 0 Å². The third kappa shape index (κ3) is 67.5. The van der Waals surface area contributed by atoms with E-state index in [1.54, 1.807) is 6.08 Å². The topological polar surface area (TPSA) is 95.9 Å². The molecule has 0 bridgehead atoms. The Morgan fingerprint density at radius 1 is 0.329 bits per heavy atom. The van der Waals surface area contributed by atoms with Crippen LogP contribution < -0.4 is 5.32 Å². The van der Waals surface area contributed by atoms with E-state index in [-0.39, 0.29) is 18.5 Å². The number of nitrogens with one attached hydrogen (secondary N) is 1. The standard InChI is InChI=1S/C76H147NO5/c1-3-5-7-9-11-13-15-17-19-20-21-31-34-37-41-44-48-52-56-60-64-68-74(79)73(72-78)77-75(80)69-65-61-57-53-49-45-42-38-35-32-29-27-25-23-22-24-26-28-30-33-36-39-43-47-51-55-59-63-67-71-82-76(81)70-66-62-58-54-50-46-40-18-16-14-12-10-8-6-4-2/h22,24,64,68,73-74,78-79H,3-21,23,25-63,65-67,69-72H2,1-2H3,(H,77,80)/b24-22-,68-64+. The van der Waals surface area contributed by atoms with E-state index in [9.17, 15) is 19.8 Å². The lowest BCUT2D eigenvalue weighted by Gasteiger charge is -2.20. The van der Waals surface area contributed by atoms with Crippen LogP contribution in [-0.2, 0) is 14.3 Å². The summed E-state index contributed by atoms with van der Waals surface area (Å²) in [5.41, 5.74) is 0. The van der Waals surface area contributed by atoms with Crippen LogP contribution in [0.1, 0.15) is 425 Å². The number of esters is 1. The molecule has 0 aromatic rings. The number of allylic oxidation sites excluding steroid dienone is 3. The molecule has 0 aliphatic carbocycles. The van der Waals surface area contributed by atoms with E-state index in [2.05, 4.69) is 31.3 Å². The molecule has 486 valence electrons. The summed E-state index contributed by atoms with van der Waals surface area (Å²) in [4.78, 5) is 24.6. The van der Waals surface area contributed by atoms with Crippen LogP contribution in [0.2, 0.25) is 0 Å². The van der Waals surface area contributed by atoms with Crippen molar-refractivity contribution in [3.63, 3.8) is 0 Å². The van der Waals surface area contributed by atoms with Gasteiger partial charge in [-0.15, -0.1) is 0 Å². The molecule has 6 heteroatoms. The minimum absolute atomic E-state index is 0.0200. The molecule has 2 atom stereocenters. The quantitative estimate of drug-likeness (QED) is 0.0320. The van der Waals surface area contributed by atoms with E-state index in [4.69, 9.17) is 4.74 Å². The van der Waals surface area contributed by atoms with E-state index in [0.717, 1.165) is 38.5 Å². The molecule has 0 aliphatic heterocycles. The van der Waals surface area contributed by atoms with Gasteiger partial charge in [0.1, 0.15) is 0 Å². The number of carbonyl (C=O) groups excluding carboxylic acids is 2. The van der Waals surface area contributed by atoms with Gasteiger partial charge in [0.2, 0.25) is 5.91 Å². The summed E-state index contributed by atoms with van der Waals surface area (Å²) in [5.74, 6) is -0.0427. The van der Waals surface area contributed by atoms with Crippen LogP contribution in [-0.4, -0.2) is 47.4 Å². The molecule has 0 rings (SSSR count). The third-order valence-corrected chi connectivity index (χ3v) is 17.7. The van der Waals surface area contributed by atoms with E-state index in [1.807, 2.05) is 6.08 Å². The maximum Gasteiger partial charge on any atom is 0.305 e. The predicted octanol–water partition coefficient (Wildman–Crippen LogP) is 24.5. The zero-order chi connectivity index (χ0) is 59.2. The van der Waals surface area contributed by atoms with Gasteiger partial charge in [-0.3, -0.25) is 9.59 Å². The van der Waals surface area contributed by atoms with Gasteiger partial charge in [-0.1, -0.05) is 378 Å². The zero-order valence-corrected chi connectivity index (χ0v) is 55.8. The maximum absolute atomic E-state index is 12.5. The van der Waals surface area contributed by atoms with Crippen molar-refractivity contribution in [1.29, 1.82) is 0 Å². The summed E-state index contributed by atoms with van der Waals surface area (Å²) in [5, 5.41) is 23.3. The van der Waals surface area contributed by atoms with E-state index < -0.39 is 12.1 Å². The van der Waals surface area contributed by atoms with E-state index >= 15 is 0 Å². The zero-order valence-electron chi connectivity index (χ0n) is 55.8. The number of unbranched alkanes of at least 4 members (excludes halogenated alkanes) is 58. The molecule has 1 amide bonds. The Bertz CT molecular complexity index is 1280. The number of aliphatic hydroxyl groups excluding tert-OH is 2. The van der Waals surface area contributed by atoms with Crippen LogP contribution in [0.25, 0.3) is 0 Å². The molecule has 0 aromatic carbocycles. The smallest absolute Gasteiger partial charge is 0.305 e. The van der Waals surface area contributed by atoms with Crippen molar-refractivity contribution < 1.29 is 24.5 Å². The van der Waals surface area contributed by atoms with Gasteiger partial charge in [0.15, 0.2) is 0 Å². The summed E-state index contributed by atoms with van der Waals surface area (Å²) >= 11 is 0. The summed E-state index contributed by atoms with van der Waals surface area (Å²) in [7, 11) is 0. The largest absolute Gasteiger partial charge is 0.466 e. The average Bonchev–Trinajstić information content (AvgIpc) is 3.48. The van der Waals surface area contributed by atoms with Crippen LogP contribution in [0.15, 0.2) is 24.3 Å². The Balaban J connectivity index is 3.39. The third-order valence-electron chi connectivity index (χ3n) is 17.7. The van der Waals surface area contributed by atoms with Gasteiger partial charge in [-0.05, 0) is 57.8 Å². The SMILES string of the molecule is CCCCCCCCCCCCCCCCCCCCC/C=C/C(O)C(CO)NC(=O)CCCCCCCCCCCCCCC/C=C\CCCCCCCCCCCCCCOC(=O)CCCCCCCCCCCCCCCCC. The number of ether oxygens (including phenoxy) is 1. The van der Waals surface area contributed by atoms with Crippen molar-refractivity contribution in [2.24, 2.45) is 0 Å². The minimum atomic E-state index is -0.845. The maximum atomic E-state index is 12.5. The van der Waals surface area contributed by atoms with Crippen LogP contribution in [0.3, 0.4) is 0 Å². The van der Waals surface area contributed by atoms with Crippen molar-refractivity contribution in [3.05, 3.63) is 24.3 Å². The van der Waals surface area contributed by atoms with Gasteiger partial charge in [-0.2, -0.15) is 0 Å². The number of rotatable bonds is 71. The Labute approximate surface area is 513 Å². The summed E-state index contributed by atoms with van der Waals surface area (Å²) in [6.45, 7) is 4.95. The van der Waals surface area contributed by atoms with Crippen LogP contribution in [0.5, 0.6) is 0 Å². The number of amides is 1. The Morgan fingerprint density at radius 3 is 0.866 bits per heavy atom. The van der Waals surface area contributed by atoms with Crippen LogP contribution in [0.4, 0.5) is 0 Å². The fourth-order valence-electron chi connectivity index (χ4n) is 12.0. The van der Waals surface area contributed by atoms with Gasteiger partial charge >= 0.3 is 5.97 Å². The normalized spacial score (nSPS) is 12.6. The molecule has 0 radical (unpaired) electrons. The lowest BCUT2D eigenvalue weighted by Crippen LogP contribution is -2.45. The molecule has 0 aliphatic rings. The van der Waals surface area contributed by atoms with Gasteiger partial charge in [-0.25, -0.2) is 0 Å². The van der Waals surface area contributed by atoms with Crippen molar-refractivity contribution in [1.82, 2.24) is 5.32 Å². The van der Waals surface area contributed by atoms with Gasteiger partial charge in [0, 0.05) is 12.8 Å². The first-order valence-corrected chi connectivity index (χ1v) is 37.6. The molecule has 0 aromatic heterocycles. The summed E-state index contributed by atoms with van der Waals surface area (Å²) < 4.78 is 5.50. The Kier molecular flexibility index (Phi) is 70.4. The highest BCUT2D eigenvalue weighted by atomic mass is 16.5. The Hall–Kier alpha value is -1.66.